The van der Waals surface area contributed by atoms with Crippen LogP contribution in [-0.4, -0.2) is 43.5 Å². The van der Waals surface area contributed by atoms with Gasteiger partial charge in [0.15, 0.2) is 11.3 Å². The molecule has 1 saturated heterocycles. The Labute approximate surface area is 177 Å². The van der Waals surface area contributed by atoms with Gasteiger partial charge in [-0.3, -0.25) is 4.79 Å². The summed E-state index contributed by atoms with van der Waals surface area (Å²) < 4.78 is 40.3. The first-order valence-corrected chi connectivity index (χ1v) is 10.4. The molecule has 5 nitrogen and oxygen atoms in total. The smallest absolute Gasteiger partial charge is 0.329 e. The number of halogens is 5. The lowest BCUT2D eigenvalue weighted by atomic mass is 10.1. The number of carbonyl (C=O) groups is 1. The van der Waals surface area contributed by atoms with Crippen LogP contribution >= 0.6 is 35.0 Å². The Kier molecular flexibility index (Phi) is 5.39. The summed E-state index contributed by atoms with van der Waals surface area (Å²) in [6.07, 6.45) is -3.57. The van der Waals surface area contributed by atoms with E-state index in [9.17, 15) is 18.0 Å². The molecule has 4 rings (SSSR count). The normalized spacial score (nSPS) is 17.7. The molecule has 1 unspecified atom stereocenters. The van der Waals surface area contributed by atoms with Crippen LogP contribution in [0.3, 0.4) is 0 Å². The van der Waals surface area contributed by atoms with Crippen molar-refractivity contribution in [2.24, 2.45) is 0 Å². The van der Waals surface area contributed by atoms with Crippen molar-refractivity contribution >= 4 is 46.5 Å². The van der Waals surface area contributed by atoms with E-state index in [1.165, 1.54) is 6.07 Å². The molecule has 0 bridgehead atoms. The Morgan fingerprint density at radius 1 is 1.17 bits per heavy atom. The van der Waals surface area contributed by atoms with Crippen molar-refractivity contribution in [3.05, 3.63) is 63.5 Å². The number of hydrogen-bond acceptors (Lipinski definition) is 4. The van der Waals surface area contributed by atoms with Crippen molar-refractivity contribution in [3.63, 3.8) is 0 Å². The third kappa shape index (κ3) is 3.91. The van der Waals surface area contributed by atoms with Gasteiger partial charge in [0, 0.05) is 30.3 Å². The molecule has 1 atom stereocenters. The van der Waals surface area contributed by atoms with Crippen LogP contribution in [-0.2, 0) is 6.18 Å². The second kappa shape index (κ2) is 7.70. The van der Waals surface area contributed by atoms with Crippen LogP contribution in [0.5, 0.6) is 0 Å². The SMILES string of the molecule is O=C(c1cc2nccc(C(F)(F)F)n2n1)N1CCSCC1c1ccc(Cl)c(Cl)c1. The van der Waals surface area contributed by atoms with E-state index in [0.29, 0.717) is 32.6 Å². The third-order valence-electron chi connectivity index (χ3n) is 4.59. The van der Waals surface area contributed by atoms with E-state index in [4.69, 9.17) is 23.2 Å². The number of carbonyl (C=O) groups excluding carboxylic acids is 1. The molecule has 29 heavy (non-hydrogen) atoms. The number of fused-ring (bicyclic) bond motifs is 1. The van der Waals surface area contributed by atoms with E-state index in [-0.39, 0.29) is 17.4 Å². The highest BCUT2D eigenvalue weighted by Crippen LogP contribution is 2.34. The van der Waals surface area contributed by atoms with Gasteiger partial charge in [0.25, 0.3) is 5.91 Å². The number of benzene rings is 1. The molecule has 2 aromatic heterocycles. The van der Waals surface area contributed by atoms with Gasteiger partial charge in [-0.05, 0) is 23.8 Å². The number of amides is 1. The van der Waals surface area contributed by atoms with Gasteiger partial charge in [-0.2, -0.15) is 30.0 Å². The summed E-state index contributed by atoms with van der Waals surface area (Å²) in [7, 11) is 0. The standard InChI is InChI=1S/C18H13Cl2F3N4OS/c19-11-2-1-10(7-12(11)20)14-9-29-6-5-26(14)17(28)13-8-16-24-4-3-15(18(21,22)23)27(16)25-13/h1-4,7-8,14H,5-6,9H2. The number of alkyl halides is 3. The van der Waals surface area contributed by atoms with Crippen molar-refractivity contribution in [3.8, 4) is 0 Å². The Morgan fingerprint density at radius 3 is 2.69 bits per heavy atom. The zero-order valence-electron chi connectivity index (χ0n) is 14.7. The lowest BCUT2D eigenvalue weighted by Crippen LogP contribution is -2.41. The average molecular weight is 461 g/mol. The maximum Gasteiger partial charge on any atom is 0.433 e. The van der Waals surface area contributed by atoms with Crippen LogP contribution < -0.4 is 0 Å². The molecule has 1 amide bonds. The molecule has 1 aliphatic rings. The third-order valence-corrected chi connectivity index (χ3v) is 6.35. The van der Waals surface area contributed by atoms with E-state index in [1.807, 2.05) is 0 Å². The number of hydrogen-bond donors (Lipinski definition) is 0. The average Bonchev–Trinajstić information content (AvgIpc) is 3.13. The maximum absolute atomic E-state index is 13.2. The zero-order valence-corrected chi connectivity index (χ0v) is 17.0. The molecule has 152 valence electrons. The van der Waals surface area contributed by atoms with Gasteiger partial charge in [-0.25, -0.2) is 9.50 Å². The van der Waals surface area contributed by atoms with E-state index in [2.05, 4.69) is 10.1 Å². The van der Waals surface area contributed by atoms with Gasteiger partial charge in [-0.1, -0.05) is 29.3 Å². The molecular formula is C18H13Cl2F3N4OS. The van der Waals surface area contributed by atoms with E-state index in [0.717, 1.165) is 17.8 Å². The fourth-order valence-electron chi connectivity index (χ4n) is 3.20. The minimum atomic E-state index is -4.61. The zero-order chi connectivity index (χ0) is 20.8. The van der Waals surface area contributed by atoms with Crippen molar-refractivity contribution in [1.82, 2.24) is 19.5 Å². The van der Waals surface area contributed by atoms with Crippen molar-refractivity contribution in [1.29, 1.82) is 0 Å². The molecule has 0 saturated carbocycles. The van der Waals surface area contributed by atoms with E-state index in [1.54, 1.807) is 34.9 Å². The molecule has 0 aliphatic carbocycles. The summed E-state index contributed by atoms with van der Waals surface area (Å²) >= 11 is 13.8. The predicted octanol–water partition coefficient (Wildman–Crippen LogP) is 4.99. The van der Waals surface area contributed by atoms with Gasteiger partial charge in [0.1, 0.15) is 5.69 Å². The summed E-state index contributed by atoms with van der Waals surface area (Å²) in [5.74, 6) is 0.881. The van der Waals surface area contributed by atoms with Gasteiger partial charge >= 0.3 is 6.18 Å². The first-order valence-electron chi connectivity index (χ1n) is 8.51. The molecule has 3 aromatic rings. The second-order valence-corrected chi connectivity index (χ2v) is 8.35. The van der Waals surface area contributed by atoms with Gasteiger partial charge < -0.3 is 4.90 Å². The minimum Gasteiger partial charge on any atom is -0.329 e. The fourth-order valence-corrected chi connectivity index (χ4v) is 4.60. The van der Waals surface area contributed by atoms with Crippen LogP contribution in [0.15, 0.2) is 36.5 Å². The number of thioether (sulfide) groups is 1. The Balaban J connectivity index is 1.71. The van der Waals surface area contributed by atoms with E-state index >= 15 is 0 Å². The van der Waals surface area contributed by atoms with Crippen molar-refractivity contribution in [2.75, 3.05) is 18.1 Å². The molecule has 0 spiro atoms. The van der Waals surface area contributed by atoms with Crippen LogP contribution in [0.25, 0.3) is 5.65 Å². The van der Waals surface area contributed by atoms with Crippen molar-refractivity contribution in [2.45, 2.75) is 12.2 Å². The number of nitrogens with zero attached hydrogens (tertiary/aromatic N) is 4. The fraction of sp³-hybridized carbons (Fsp3) is 0.278. The van der Waals surface area contributed by atoms with Crippen LogP contribution in [0.1, 0.15) is 27.8 Å². The summed E-state index contributed by atoms with van der Waals surface area (Å²) in [6, 6.07) is 6.95. The highest BCUT2D eigenvalue weighted by Gasteiger charge is 2.36. The van der Waals surface area contributed by atoms with Gasteiger partial charge in [-0.15, -0.1) is 0 Å². The lowest BCUT2D eigenvalue weighted by molar-refractivity contribution is -0.142. The Morgan fingerprint density at radius 2 is 1.97 bits per heavy atom. The van der Waals surface area contributed by atoms with Crippen LogP contribution in [0.4, 0.5) is 13.2 Å². The van der Waals surface area contributed by atoms with Gasteiger partial charge in [0.2, 0.25) is 0 Å². The van der Waals surface area contributed by atoms with Crippen LogP contribution in [0, 0.1) is 0 Å². The van der Waals surface area contributed by atoms with Crippen molar-refractivity contribution < 1.29 is 18.0 Å². The van der Waals surface area contributed by atoms with Crippen LogP contribution in [0.2, 0.25) is 10.0 Å². The largest absolute Gasteiger partial charge is 0.433 e. The molecule has 3 heterocycles. The first kappa shape index (κ1) is 20.3. The molecule has 1 aromatic carbocycles. The number of aromatic nitrogens is 3. The molecule has 1 fully saturated rings. The summed E-state index contributed by atoms with van der Waals surface area (Å²) in [5.41, 5.74) is -0.318. The summed E-state index contributed by atoms with van der Waals surface area (Å²) in [5, 5.41) is 4.68. The highest BCUT2D eigenvalue weighted by molar-refractivity contribution is 7.99. The van der Waals surface area contributed by atoms with Gasteiger partial charge in [0.05, 0.1) is 16.1 Å². The lowest BCUT2D eigenvalue weighted by Gasteiger charge is -2.35. The second-order valence-electron chi connectivity index (χ2n) is 6.39. The molecule has 0 radical (unpaired) electrons. The Hall–Kier alpha value is -1.97. The predicted molar refractivity (Wildman–Crippen MR) is 106 cm³/mol. The minimum absolute atomic E-state index is 0.0411. The molecule has 1 aliphatic heterocycles. The molecule has 0 N–H and O–H groups in total. The molecule has 11 heteroatoms. The monoisotopic (exact) mass is 460 g/mol. The maximum atomic E-state index is 13.2. The van der Waals surface area contributed by atoms with E-state index < -0.39 is 17.8 Å². The topological polar surface area (TPSA) is 50.5 Å². The summed E-state index contributed by atoms with van der Waals surface area (Å²) in [4.78, 5) is 18.6. The quantitative estimate of drug-likeness (QED) is 0.540. The summed E-state index contributed by atoms with van der Waals surface area (Å²) in [6.45, 7) is 0.432. The highest BCUT2D eigenvalue weighted by atomic mass is 35.5. The number of rotatable bonds is 2. The Bertz CT molecular complexity index is 1090. The first-order chi connectivity index (χ1) is 13.8. The molecular weight excluding hydrogens is 448 g/mol.